The van der Waals surface area contributed by atoms with E-state index in [1.807, 2.05) is 4.90 Å². The van der Waals surface area contributed by atoms with Crippen molar-refractivity contribution in [1.29, 1.82) is 0 Å². The fourth-order valence-electron chi connectivity index (χ4n) is 1.27. The zero-order valence-corrected chi connectivity index (χ0v) is 7.80. The van der Waals surface area contributed by atoms with Gasteiger partial charge in [-0.2, -0.15) is 0 Å². The molecule has 0 atom stereocenters. The average molecular weight is 185 g/mol. The highest BCUT2D eigenvalue weighted by atomic mass is 16.2. The molecule has 13 heavy (non-hydrogen) atoms. The Morgan fingerprint density at radius 3 is 3.08 bits per heavy atom. The molecular weight excluding hydrogens is 170 g/mol. The van der Waals surface area contributed by atoms with Gasteiger partial charge in [0.25, 0.3) is 0 Å². The van der Waals surface area contributed by atoms with Crippen molar-refractivity contribution in [3.8, 4) is 0 Å². The summed E-state index contributed by atoms with van der Waals surface area (Å²) >= 11 is 0. The fraction of sp³-hybridized carbons (Fsp3) is 0.750. The largest absolute Gasteiger partial charge is 0.355 e. The van der Waals surface area contributed by atoms with Gasteiger partial charge < -0.3 is 10.6 Å². The molecule has 0 bridgehead atoms. The van der Waals surface area contributed by atoms with Crippen molar-refractivity contribution < 1.29 is 9.59 Å². The highest BCUT2D eigenvalue weighted by Crippen LogP contribution is 1.91. The minimum Gasteiger partial charge on any atom is -0.355 e. The predicted molar refractivity (Wildman–Crippen MR) is 48.1 cm³/mol. The Morgan fingerprint density at radius 1 is 1.69 bits per heavy atom. The number of nitrogens with zero attached hydrogens (tertiary/aromatic N) is 1. The van der Waals surface area contributed by atoms with E-state index in [1.54, 1.807) is 0 Å². The summed E-state index contributed by atoms with van der Waals surface area (Å²) in [5.41, 5.74) is 0. The van der Waals surface area contributed by atoms with E-state index in [0.717, 1.165) is 13.1 Å². The zero-order chi connectivity index (χ0) is 9.68. The van der Waals surface area contributed by atoms with Gasteiger partial charge in [0.15, 0.2) is 0 Å². The van der Waals surface area contributed by atoms with E-state index in [4.69, 9.17) is 0 Å². The lowest BCUT2D eigenvalue weighted by atomic mass is 10.3. The van der Waals surface area contributed by atoms with Crippen LogP contribution in [0.25, 0.3) is 0 Å². The van der Waals surface area contributed by atoms with Gasteiger partial charge in [-0.3, -0.25) is 14.5 Å². The van der Waals surface area contributed by atoms with Crippen molar-refractivity contribution in [2.75, 3.05) is 32.7 Å². The van der Waals surface area contributed by atoms with Gasteiger partial charge in [-0.05, 0) is 0 Å². The first-order chi connectivity index (χ1) is 6.18. The van der Waals surface area contributed by atoms with Gasteiger partial charge in [0.1, 0.15) is 0 Å². The highest BCUT2D eigenvalue weighted by Gasteiger charge is 2.14. The maximum atomic E-state index is 10.9. The van der Waals surface area contributed by atoms with Crippen LogP contribution in [0.1, 0.15) is 6.92 Å². The maximum Gasteiger partial charge on any atom is 0.234 e. The van der Waals surface area contributed by atoms with Gasteiger partial charge in [0.05, 0.1) is 6.54 Å². The fourth-order valence-corrected chi connectivity index (χ4v) is 1.27. The van der Waals surface area contributed by atoms with E-state index in [0.29, 0.717) is 19.6 Å². The van der Waals surface area contributed by atoms with E-state index >= 15 is 0 Å². The van der Waals surface area contributed by atoms with Crippen LogP contribution in [0.3, 0.4) is 0 Å². The summed E-state index contributed by atoms with van der Waals surface area (Å²) in [6.07, 6.45) is 0. The van der Waals surface area contributed by atoms with E-state index in [-0.39, 0.29) is 11.8 Å². The molecule has 0 aromatic carbocycles. The molecule has 0 aromatic heterocycles. The molecule has 1 fully saturated rings. The first kappa shape index (κ1) is 9.98. The number of amides is 2. The second-order valence-electron chi connectivity index (χ2n) is 3.11. The topological polar surface area (TPSA) is 61.4 Å². The van der Waals surface area contributed by atoms with Crippen LogP contribution < -0.4 is 10.6 Å². The number of piperazine rings is 1. The lowest BCUT2D eigenvalue weighted by Gasteiger charge is -2.26. The molecule has 5 nitrogen and oxygen atoms in total. The molecule has 1 aliphatic heterocycles. The van der Waals surface area contributed by atoms with Crippen LogP contribution in [0.4, 0.5) is 0 Å². The summed E-state index contributed by atoms with van der Waals surface area (Å²) in [4.78, 5) is 23.5. The molecule has 1 saturated heterocycles. The Hall–Kier alpha value is -1.10. The molecule has 0 aliphatic carbocycles. The van der Waals surface area contributed by atoms with Crippen LogP contribution in [0.15, 0.2) is 0 Å². The molecule has 2 amide bonds. The first-order valence-corrected chi connectivity index (χ1v) is 4.42. The molecule has 0 saturated carbocycles. The first-order valence-electron chi connectivity index (χ1n) is 4.42. The molecule has 0 unspecified atom stereocenters. The molecule has 1 aliphatic rings. The van der Waals surface area contributed by atoms with Crippen molar-refractivity contribution in [3.63, 3.8) is 0 Å². The smallest absolute Gasteiger partial charge is 0.234 e. The molecule has 1 rings (SSSR count). The molecule has 0 spiro atoms. The summed E-state index contributed by atoms with van der Waals surface area (Å²) in [5.74, 6) is 0.0375. The third kappa shape index (κ3) is 3.89. The second-order valence-corrected chi connectivity index (χ2v) is 3.11. The lowest BCUT2D eigenvalue weighted by Crippen LogP contribution is -2.49. The number of hydrogen-bond donors (Lipinski definition) is 2. The monoisotopic (exact) mass is 185 g/mol. The number of hydrogen-bond acceptors (Lipinski definition) is 3. The molecular formula is C8H15N3O2. The Kier molecular flexibility index (Phi) is 3.70. The predicted octanol–water partition coefficient (Wildman–Crippen LogP) is -1.45. The van der Waals surface area contributed by atoms with E-state index in [1.165, 1.54) is 6.92 Å². The number of carbonyl (C=O) groups is 2. The van der Waals surface area contributed by atoms with Crippen LogP contribution in [0, 0.1) is 0 Å². The quantitative estimate of drug-likeness (QED) is 0.566. The SMILES string of the molecule is CC(=O)NCCN1CCNC(=O)C1. The van der Waals surface area contributed by atoms with Crippen LogP contribution in [0.2, 0.25) is 0 Å². The van der Waals surface area contributed by atoms with E-state index in [2.05, 4.69) is 10.6 Å². The van der Waals surface area contributed by atoms with Crippen molar-refractivity contribution in [2.24, 2.45) is 0 Å². The van der Waals surface area contributed by atoms with Crippen LogP contribution in [-0.4, -0.2) is 49.4 Å². The van der Waals surface area contributed by atoms with E-state index in [9.17, 15) is 9.59 Å². The Balaban J connectivity index is 2.13. The zero-order valence-electron chi connectivity index (χ0n) is 7.80. The van der Waals surface area contributed by atoms with Crippen molar-refractivity contribution >= 4 is 11.8 Å². The van der Waals surface area contributed by atoms with Gasteiger partial charge in [-0.15, -0.1) is 0 Å². The third-order valence-electron chi connectivity index (χ3n) is 1.92. The van der Waals surface area contributed by atoms with Gasteiger partial charge in [0, 0.05) is 33.1 Å². The highest BCUT2D eigenvalue weighted by molar-refractivity contribution is 5.78. The standard InChI is InChI=1S/C8H15N3O2/c1-7(12)9-2-4-11-5-3-10-8(13)6-11/h2-6H2,1H3,(H,9,12)(H,10,13). The summed E-state index contributed by atoms with van der Waals surface area (Å²) < 4.78 is 0. The Labute approximate surface area is 77.5 Å². The second kappa shape index (κ2) is 4.81. The van der Waals surface area contributed by atoms with Crippen LogP contribution >= 0.6 is 0 Å². The van der Waals surface area contributed by atoms with Crippen LogP contribution in [0.5, 0.6) is 0 Å². The molecule has 0 aromatic rings. The lowest BCUT2D eigenvalue weighted by molar-refractivity contribution is -0.124. The van der Waals surface area contributed by atoms with Crippen LogP contribution in [-0.2, 0) is 9.59 Å². The maximum absolute atomic E-state index is 10.9. The molecule has 0 radical (unpaired) electrons. The van der Waals surface area contributed by atoms with E-state index < -0.39 is 0 Å². The number of nitrogens with one attached hydrogen (secondary N) is 2. The van der Waals surface area contributed by atoms with Gasteiger partial charge in [-0.1, -0.05) is 0 Å². The van der Waals surface area contributed by atoms with Crippen molar-refractivity contribution in [3.05, 3.63) is 0 Å². The average Bonchev–Trinajstić information content (AvgIpc) is 2.03. The third-order valence-corrected chi connectivity index (χ3v) is 1.92. The Bertz CT molecular complexity index is 206. The normalized spacial score (nSPS) is 18.1. The summed E-state index contributed by atoms with van der Waals surface area (Å²) in [6, 6.07) is 0. The molecule has 1 heterocycles. The molecule has 74 valence electrons. The van der Waals surface area contributed by atoms with Crippen molar-refractivity contribution in [2.45, 2.75) is 6.92 Å². The van der Waals surface area contributed by atoms with Gasteiger partial charge >= 0.3 is 0 Å². The number of rotatable bonds is 3. The van der Waals surface area contributed by atoms with Gasteiger partial charge in [-0.25, -0.2) is 0 Å². The molecule has 2 N–H and O–H groups in total. The summed E-state index contributed by atoms with van der Waals surface area (Å²) in [6.45, 7) is 4.86. The minimum absolute atomic E-state index is 0.0264. The van der Waals surface area contributed by atoms with Crippen molar-refractivity contribution in [1.82, 2.24) is 15.5 Å². The number of carbonyl (C=O) groups excluding carboxylic acids is 2. The van der Waals surface area contributed by atoms with Gasteiger partial charge in [0.2, 0.25) is 11.8 Å². The Morgan fingerprint density at radius 2 is 2.46 bits per heavy atom. The minimum atomic E-state index is -0.0264. The molecule has 5 heteroatoms. The summed E-state index contributed by atoms with van der Waals surface area (Å²) in [7, 11) is 0. The summed E-state index contributed by atoms with van der Waals surface area (Å²) in [5, 5.41) is 5.44.